The van der Waals surface area contributed by atoms with Crippen molar-refractivity contribution in [3.63, 3.8) is 0 Å². The number of rotatable bonds is 4. The van der Waals surface area contributed by atoms with Gasteiger partial charge in [-0.3, -0.25) is 14.9 Å². The Morgan fingerprint density at radius 2 is 1.89 bits per heavy atom. The Balaban J connectivity index is 1.78. The summed E-state index contributed by atoms with van der Waals surface area (Å²) in [6.07, 6.45) is 3.47. The van der Waals surface area contributed by atoms with Gasteiger partial charge >= 0.3 is 6.03 Å². The van der Waals surface area contributed by atoms with E-state index in [1.807, 2.05) is 12.1 Å². The summed E-state index contributed by atoms with van der Waals surface area (Å²) in [6.45, 7) is 11.5. The fourth-order valence-corrected chi connectivity index (χ4v) is 5.87. The summed E-state index contributed by atoms with van der Waals surface area (Å²) in [5.74, 6) is -1.14. The maximum Gasteiger partial charge on any atom is 0.335 e. The van der Waals surface area contributed by atoms with Gasteiger partial charge in [0.1, 0.15) is 5.57 Å². The molecule has 4 amide bonds. The van der Waals surface area contributed by atoms with Gasteiger partial charge in [-0.2, -0.15) is 0 Å². The molecule has 1 atom stereocenters. The number of carbonyl (C=O) groups excluding carboxylic acids is 3. The lowest BCUT2D eigenvalue weighted by atomic mass is 9.79. The predicted octanol–water partition coefficient (Wildman–Crippen LogP) is 6.58. The SMILES string of the molecule is CCCN1c2cc(Cl)c(/C=C3/C(=O)NC(=O)N(c4ccc(Br)cc4C)C3=O)cc2C(C)CC1(C)C. The van der Waals surface area contributed by atoms with Gasteiger partial charge in [0.15, 0.2) is 0 Å². The Morgan fingerprint density at radius 1 is 1.17 bits per heavy atom. The van der Waals surface area contributed by atoms with Crippen molar-refractivity contribution in [2.24, 2.45) is 0 Å². The largest absolute Gasteiger partial charge is 0.366 e. The number of anilines is 2. The molecule has 0 spiro atoms. The zero-order chi connectivity index (χ0) is 25.7. The van der Waals surface area contributed by atoms with Gasteiger partial charge in [-0.05, 0) is 92.6 Å². The number of fused-ring (bicyclic) bond motifs is 1. The third-order valence-electron chi connectivity index (χ3n) is 6.75. The zero-order valence-electron chi connectivity index (χ0n) is 20.5. The van der Waals surface area contributed by atoms with Crippen LogP contribution < -0.4 is 15.1 Å². The third-order valence-corrected chi connectivity index (χ3v) is 7.57. The Morgan fingerprint density at radius 3 is 2.54 bits per heavy atom. The fourth-order valence-electron chi connectivity index (χ4n) is 5.18. The summed E-state index contributed by atoms with van der Waals surface area (Å²) in [5.41, 5.74) is 3.79. The summed E-state index contributed by atoms with van der Waals surface area (Å²) >= 11 is 10.1. The number of halogens is 2. The quantitative estimate of drug-likeness (QED) is 0.340. The van der Waals surface area contributed by atoms with Gasteiger partial charge in [0.25, 0.3) is 11.8 Å². The van der Waals surface area contributed by atoms with Crippen LogP contribution in [0.3, 0.4) is 0 Å². The van der Waals surface area contributed by atoms with E-state index in [4.69, 9.17) is 11.6 Å². The predicted molar refractivity (Wildman–Crippen MR) is 144 cm³/mol. The standard InChI is InChI=1S/C27H29BrClN3O3/c1-6-9-31-23-13-21(29)17(11-19(23)16(3)14-27(31,4)5)12-20-24(33)30-26(35)32(25(20)34)22-8-7-18(28)10-15(22)2/h7-8,10-13,16H,6,9,14H2,1-5H3,(H,30,33,35)/b20-12-. The molecular formula is C27H29BrClN3O3. The highest BCUT2D eigenvalue weighted by Crippen LogP contribution is 2.45. The molecule has 35 heavy (non-hydrogen) atoms. The first-order valence-corrected chi connectivity index (χ1v) is 12.9. The van der Waals surface area contributed by atoms with Gasteiger partial charge < -0.3 is 4.90 Å². The van der Waals surface area contributed by atoms with E-state index in [2.05, 4.69) is 53.8 Å². The number of carbonyl (C=O) groups is 3. The first-order valence-electron chi connectivity index (χ1n) is 11.7. The molecule has 4 rings (SSSR count). The highest BCUT2D eigenvalue weighted by atomic mass is 79.9. The fraction of sp³-hybridized carbons (Fsp3) is 0.370. The average Bonchev–Trinajstić information content (AvgIpc) is 2.75. The van der Waals surface area contributed by atoms with Gasteiger partial charge in [-0.25, -0.2) is 9.69 Å². The molecule has 2 heterocycles. The summed E-state index contributed by atoms with van der Waals surface area (Å²) < 4.78 is 0.825. The minimum absolute atomic E-state index is 0.00560. The van der Waals surface area contributed by atoms with Crippen LogP contribution in [0.25, 0.3) is 6.08 Å². The summed E-state index contributed by atoms with van der Waals surface area (Å²) in [6, 6.07) is 8.35. The number of imide groups is 2. The molecule has 1 saturated heterocycles. The third kappa shape index (κ3) is 4.64. The first-order chi connectivity index (χ1) is 16.4. The summed E-state index contributed by atoms with van der Waals surface area (Å²) in [4.78, 5) is 42.1. The molecule has 2 aromatic carbocycles. The van der Waals surface area contributed by atoms with Crippen molar-refractivity contribution in [2.45, 2.75) is 58.9 Å². The molecular weight excluding hydrogens is 530 g/mol. The van der Waals surface area contributed by atoms with Crippen molar-refractivity contribution in [1.82, 2.24) is 5.32 Å². The summed E-state index contributed by atoms with van der Waals surface area (Å²) in [5, 5.41) is 2.74. The van der Waals surface area contributed by atoms with Crippen LogP contribution in [0.2, 0.25) is 5.02 Å². The molecule has 6 nitrogen and oxygen atoms in total. The number of nitrogens with zero attached hydrogens (tertiary/aromatic N) is 2. The van der Waals surface area contributed by atoms with Crippen molar-refractivity contribution >= 4 is 62.8 Å². The van der Waals surface area contributed by atoms with E-state index in [0.29, 0.717) is 16.3 Å². The van der Waals surface area contributed by atoms with Crippen LogP contribution in [0.15, 0.2) is 40.4 Å². The van der Waals surface area contributed by atoms with Crippen LogP contribution in [0, 0.1) is 6.92 Å². The number of urea groups is 1. The minimum Gasteiger partial charge on any atom is -0.366 e. The van der Waals surface area contributed by atoms with Crippen LogP contribution in [-0.4, -0.2) is 29.9 Å². The van der Waals surface area contributed by atoms with Crippen LogP contribution in [0.5, 0.6) is 0 Å². The highest BCUT2D eigenvalue weighted by molar-refractivity contribution is 9.10. The molecule has 184 valence electrons. The van der Waals surface area contributed by atoms with Crippen molar-refractivity contribution in [3.05, 3.63) is 62.1 Å². The van der Waals surface area contributed by atoms with Crippen LogP contribution in [0.4, 0.5) is 16.2 Å². The molecule has 1 N–H and O–H groups in total. The maximum absolute atomic E-state index is 13.4. The topological polar surface area (TPSA) is 69.7 Å². The number of aryl methyl sites for hydroxylation is 1. The van der Waals surface area contributed by atoms with Gasteiger partial charge in [0.05, 0.1) is 5.69 Å². The van der Waals surface area contributed by atoms with Gasteiger partial charge in [0, 0.05) is 27.3 Å². The smallest absolute Gasteiger partial charge is 0.335 e. The second kappa shape index (κ2) is 9.43. The highest BCUT2D eigenvalue weighted by Gasteiger charge is 2.39. The van der Waals surface area contributed by atoms with Gasteiger partial charge in [-0.15, -0.1) is 0 Å². The lowest BCUT2D eigenvalue weighted by Gasteiger charge is -2.47. The van der Waals surface area contributed by atoms with E-state index in [1.54, 1.807) is 25.1 Å². The Labute approximate surface area is 219 Å². The molecule has 1 unspecified atom stereocenters. The number of nitrogens with one attached hydrogen (secondary N) is 1. The van der Waals surface area contributed by atoms with Gasteiger partial charge in [0.2, 0.25) is 0 Å². The number of hydrogen-bond donors (Lipinski definition) is 1. The second-order valence-corrected chi connectivity index (χ2v) is 11.2. The van der Waals surface area contributed by atoms with E-state index in [0.717, 1.165) is 45.6 Å². The molecule has 2 aliphatic heterocycles. The Kier molecular flexibility index (Phi) is 6.86. The van der Waals surface area contributed by atoms with Crippen LogP contribution in [-0.2, 0) is 9.59 Å². The van der Waals surface area contributed by atoms with Crippen LogP contribution in [0.1, 0.15) is 63.1 Å². The molecule has 2 aromatic rings. The number of barbiturate groups is 1. The van der Waals surface area contributed by atoms with E-state index in [1.165, 1.54) is 6.08 Å². The normalized spacial score (nSPS) is 20.8. The van der Waals surface area contributed by atoms with Crippen molar-refractivity contribution in [3.8, 4) is 0 Å². The average molecular weight is 559 g/mol. The first kappa shape index (κ1) is 25.5. The molecule has 1 fully saturated rings. The molecule has 0 radical (unpaired) electrons. The minimum atomic E-state index is -0.773. The van der Waals surface area contributed by atoms with Crippen molar-refractivity contribution in [1.29, 1.82) is 0 Å². The number of hydrogen-bond acceptors (Lipinski definition) is 4. The van der Waals surface area contributed by atoms with Crippen molar-refractivity contribution < 1.29 is 14.4 Å². The Bertz CT molecular complexity index is 1270. The summed E-state index contributed by atoms with van der Waals surface area (Å²) in [7, 11) is 0. The van der Waals surface area contributed by atoms with Gasteiger partial charge in [-0.1, -0.05) is 41.4 Å². The number of amides is 4. The van der Waals surface area contributed by atoms with E-state index in [9.17, 15) is 14.4 Å². The Hall–Kier alpha value is -2.64. The lowest BCUT2D eigenvalue weighted by molar-refractivity contribution is -0.122. The monoisotopic (exact) mass is 557 g/mol. The zero-order valence-corrected chi connectivity index (χ0v) is 22.9. The molecule has 2 aliphatic rings. The second-order valence-electron chi connectivity index (χ2n) is 9.89. The van der Waals surface area contributed by atoms with Crippen LogP contribution >= 0.6 is 27.5 Å². The molecule has 8 heteroatoms. The van der Waals surface area contributed by atoms with Crippen molar-refractivity contribution in [2.75, 3.05) is 16.3 Å². The maximum atomic E-state index is 13.4. The van der Waals surface area contributed by atoms with E-state index in [-0.39, 0.29) is 17.0 Å². The molecule has 0 aromatic heterocycles. The molecule has 0 saturated carbocycles. The lowest BCUT2D eigenvalue weighted by Crippen LogP contribution is -2.54. The van der Waals surface area contributed by atoms with E-state index < -0.39 is 17.8 Å². The molecule has 0 aliphatic carbocycles. The van der Waals surface area contributed by atoms with E-state index >= 15 is 0 Å². The number of benzene rings is 2. The molecule has 0 bridgehead atoms.